The van der Waals surface area contributed by atoms with E-state index in [0.717, 1.165) is 18.5 Å². The minimum Gasteiger partial charge on any atom is -0.382 e. The highest BCUT2D eigenvalue weighted by molar-refractivity contribution is 7.89. The molecule has 1 fully saturated rings. The fourth-order valence-corrected chi connectivity index (χ4v) is 3.99. The fourth-order valence-electron chi connectivity index (χ4n) is 3.06. The summed E-state index contributed by atoms with van der Waals surface area (Å²) in [5.74, 6) is 0.414. The van der Waals surface area contributed by atoms with Crippen molar-refractivity contribution in [2.24, 2.45) is 7.05 Å². The zero-order valence-electron chi connectivity index (χ0n) is 14.8. The van der Waals surface area contributed by atoms with E-state index in [2.05, 4.69) is 20.7 Å². The molecule has 1 saturated carbocycles. The first-order chi connectivity index (χ1) is 11.9. The predicted octanol–water partition coefficient (Wildman–Crippen LogP) is 1.87. The molecule has 2 aromatic rings. The Bertz CT molecular complexity index is 840. The lowest BCUT2D eigenvalue weighted by Gasteiger charge is -2.25. The second-order valence-electron chi connectivity index (χ2n) is 6.58. The number of nitrogens with one attached hydrogen (secondary N) is 1. The fraction of sp³-hybridized carbons (Fsp3) is 0.562. The van der Waals surface area contributed by atoms with E-state index < -0.39 is 10.0 Å². The molecule has 0 saturated heterocycles. The van der Waals surface area contributed by atoms with Crippen LogP contribution >= 0.6 is 0 Å². The number of benzene rings is 1. The molecule has 1 aromatic carbocycles. The molecule has 25 heavy (non-hydrogen) atoms. The minimum atomic E-state index is -3.53. The van der Waals surface area contributed by atoms with Gasteiger partial charge >= 0.3 is 0 Å². The molecular weight excluding hydrogens is 340 g/mol. The molecule has 0 aliphatic heterocycles. The molecule has 0 spiro atoms. The second kappa shape index (κ2) is 7.09. The third kappa shape index (κ3) is 3.82. The number of rotatable bonds is 5. The predicted molar refractivity (Wildman–Crippen MR) is 95.6 cm³/mol. The quantitative estimate of drug-likeness (QED) is 0.871. The molecule has 1 heterocycles. The average molecular weight is 364 g/mol. The van der Waals surface area contributed by atoms with Crippen molar-refractivity contribution < 1.29 is 8.42 Å². The van der Waals surface area contributed by atoms with Gasteiger partial charge in [0.15, 0.2) is 0 Å². The molecule has 136 valence electrons. The van der Waals surface area contributed by atoms with Gasteiger partial charge in [-0.1, -0.05) is 19.3 Å². The van der Waals surface area contributed by atoms with E-state index >= 15 is 0 Å². The highest BCUT2D eigenvalue weighted by atomic mass is 32.2. The van der Waals surface area contributed by atoms with Crippen LogP contribution in [0.4, 0.5) is 5.69 Å². The SMILES string of the molecule is CN(C)S(=O)(=O)c1ccc(NC2CCCCC2)c(-c2nnn(C)n2)c1. The summed E-state index contributed by atoms with van der Waals surface area (Å²) in [4.78, 5) is 1.58. The Hall–Kier alpha value is -2.00. The summed E-state index contributed by atoms with van der Waals surface area (Å²) in [6, 6.07) is 5.44. The first-order valence-corrected chi connectivity index (χ1v) is 9.89. The number of anilines is 1. The molecule has 3 rings (SSSR count). The van der Waals surface area contributed by atoms with Crippen molar-refractivity contribution in [3.8, 4) is 11.4 Å². The van der Waals surface area contributed by atoms with E-state index in [9.17, 15) is 8.42 Å². The van der Waals surface area contributed by atoms with Crippen LogP contribution in [0.15, 0.2) is 23.1 Å². The molecule has 1 N–H and O–H groups in total. The van der Waals surface area contributed by atoms with Gasteiger partial charge in [0.25, 0.3) is 0 Å². The lowest BCUT2D eigenvalue weighted by molar-refractivity contribution is 0.463. The zero-order valence-corrected chi connectivity index (χ0v) is 15.6. The number of tetrazole rings is 1. The van der Waals surface area contributed by atoms with Crippen molar-refractivity contribution in [3.63, 3.8) is 0 Å². The maximum Gasteiger partial charge on any atom is 0.242 e. The monoisotopic (exact) mass is 364 g/mol. The smallest absolute Gasteiger partial charge is 0.242 e. The Morgan fingerprint density at radius 1 is 1.20 bits per heavy atom. The van der Waals surface area contributed by atoms with Crippen LogP contribution in [0, 0.1) is 0 Å². The van der Waals surface area contributed by atoms with Gasteiger partial charge < -0.3 is 5.32 Å². The van der Waals surface area contributed by atoms with Gasteiger partial charge in [0, 0.05) is 31.4 Å². The van der Waals surface area contributed by atoms with E-state index in [-0.39, 0.29) is 4.90 Å². The highest BCUT2D eigenvalue weighted by Gasteiger charge is 2.22. The third-order valence-electron chi connectivity index (χ3n) is 4.48. The van der Waals surface area contributed by atoms with E-state index in [1.165, 1.54) is 42.5 Å². The molecule has 8 nitrogen and oxygen atoms in total. The van der Waals surface area contributed by atoms with Crippen molar-refractivity contribution >= 4 is 15.7 Å². The van der Waals surface area contributed by atoms with Gasteiger partial charge in [-0.25, -0.2) is 12.7 Å². The largest absolute Gasteiger partial charge is 0.382 e. The molecule has 1 aliphatic carbocycles. The van der Waals surface area contributed by atoms with Crippen LogP contribution in [0.3, 0.4) is 0 Å². The Labute approximate surface area is 148 Å². The van der Waals surface area contributed by atoms with Crippen molar-refractivity contribution in [2.45, 2.75) is 43.0 Å². The summed E-state index contributed by atoms with van der Waals surface area (Å²) >= 11 is 0. The number of hydrogen-bond donors (Lipinski definition) is 1. The molecule has 0 bridgehead atoms. The highest BCUT2D eigenvalue weighted by Crippen LogP contribution is 2.31. The van der Waals surface area contributed by atoms with Gasteiger partial charge in [0.05, 0.1) is 11.9 Å². The van der Waals surface area contributed by atoms with E-state index in [4.69, 9.17) is 0 Å². The van der Waals surface area contributed by atoms with E-state index in [1.54, 1.807) is 25.2 Å². The van der Waals surface area contributed by atoms with Gasteiger partial charge in [-0.15, -0.1) is 10.2 Å². The van der Waals surface area contributed by atoms with Gasteiger partial charge in [-0.3, -0.25) is 0 Å². The molecule has 0 radical (unpaired) electrons. The Balaban J connectivity index is 2.02. The van der Waals surface area contributed by atoms with Crippen molar-refractivity contribution in [1.82, 2.24) is 24.5 Å². The normalized spacial score (nSPS) is 16.3. The summed E-state index contributed by atoms with van der Waals surface area (Å²) in [5.41, 5.74) is 1.50. The first-order valence-electron chi connectivity index (χ1n) is 8.45. The Kier molecular flexibility index (Phi) is 5.05. The molecular formula is C16H24N6O2S. The topological polar surface area (TPSA) is 93.0 Å². The van der Waals surface area contributed by atoms with Crippen LogP contribution in [-0.2, 0) is 17.1 Å². The van der Waals surface area contributed by atoms with Gasteiger partial charge in [-0.2, -0.15) is 4.80 Å². The lowest BCUT2D eigenvalue weighted by atomic mass is 9.95. The van der Waals surface area contributed by atoms with Crippen LogP contribution in [0.5, 0.6) is 0 Å². The number of aromatic nitrogens is 4. The number of sulfonamides is 1. The Morgan fingerprint density at radius 2 is 1.92 bits per heavy atom. The summed E-state index contributed by atoms with van der Waals surface area (Å²) in [6.07, 6.45) is 5.93. The maximum absolute atomic E-state index is 12.5. The van der Waals surface area contributed by atoms with Gasteiger partial charge in [0.1, 0.15) is 0 Å². The van der Waals surface area contributed by atoms with E-state index in [1.807, 2.05) is 0 Å². The standard InChI is InChI=1S/C16H24N6O2S/c1-21(2)25(23,24)13-9-10-15(17-12-7-5-4-6-8-12)14(11-13)16-18-20-22(3)19-16/h9-12,17H,4-8H2,1-3H3. The summed E-state index contributed by atoms with van der Waals surface area (Å²) in [6.45, 7) is 0. The zero-order chi connectivity index (χ0) is 18.0. The third-order valence-corrected chi connectivity index (χ3v) is 6.29. The van der Waals surface area contributed by atoms with Crippen LogP contribution in [0.25, 0.3) is 11.4 Å². The number of hydrogen-bond acceptors (Lipinski definition) is 6. The minimum absolute atomic E-state index is 0.217. The first kappa shape index (κ1) is 17.8. The van der Waals surface area contributed by atoms with Crippen molar-refractivity contribution in [3.05, 3.63) is 18.2 Å². The summed E-state index contributed by atoms with van der Waals surface area (Å²) in [7, 11) is 1.19. The average Bonchev–Trinajstić information content (AvgIpc) is 3.02. The van der Waals surface area contributed by atoms with Gasteiger partial charge in [-0.05, 0) is 36.3 Å². The molecule has 9 heteroatoms. The van der Waals surface area contributed by atoms with Crippen LogP contribution in [0.2, 0.25) is 0 Å². The van der Waals surface area contributed by atoms with Crippen LogP contribution < -0.4 is 5.32 Å². The molecule has 0 amide bonds. The van der Waals surface area contributed by atoms with Crippen LogP contribution in [-0.4, -0.2) is 53.1 Å². The summed E-state index contributed by atoms with van der Waals surface area (Å²) < 4.78 is 26.1. The Morgan fingerprint density at radius 3 is 2.52 bits per heavy atom. The molecule has 1 aliphatic rings. The molecule has 0 atom stereocenters. The van der Waals surface area contributed by atoms with E-state index in [0.29, 0.717) is 17.4 Å². The number of aryl methyl sites for hydroxylation is 1. The van der Waals surface area contributed by atoms with Crippen LogP contribution in [0.1, 0.15) is 32.1 Å². The lowest BCUT2D eigenvalue weighted by Crippen LogP contribution is -2.24. The van der Waals surface area contributed by atoms with Crippen molar-refractivity contribution in [1.29, 1.82) is 0 Å². The van der Waals surface area contributed by atoms with Crippen molar-refractivity contribution in [2.75, 3.05) is 19.4 Å². The second-order valence-corrected chi connectivity index (χ2v) is 8.73. The number of nitrogens with zero attached hydrogens (tertiary/aromatic N) is 5. The van der Waals surface area contributed by atoms with Gasteiger partial charge in [0.2, 0.25) is 15.8 Å². The molecule has 1 aromatic heterocycles. The molecule has 0 unspecified atom stereocenters. The maximum atomic E-state index is 12.5. The summed E-state index contributed by atoms with van der Waals surface area (Å²) in [5, 5.41) is 15.7.